The van der Waals surface area contributed by atoms with Crippen LogP contribution in [0, 0.1) is 17.0 Å². The van der Waals surface area contributed by atoms with Crippen molar-refractivity contribution in [3.63, 3.8) is 0 Å². The average Bonchev–Trinajstić information content (AvgIpc) is 3.09. The molecule has 0 aliphatic heterocycles. The number of ether oxygens (including phenoxy) is 1. The van der Waals surface area contributed by atoms with Gasteiger partial charge in [0, 0.05) is 35.1 Å². The lowest BCUT2D eigenvalue weighted by atomic mass is 10.0. The van der Waals surface area contributed by atoms with Crippen molar-refractivity contribution in [2.45, 2.75) is 57.1 Å². The number of sulfonamides is 1. The number of nitrogens with one attached hydrogen (secondary N) is 1. The maximum absolute atomic E-state index is 14.6. The van der Waals surface area contributed by atoms with Crippen LogP contribution in [0.3, 0.4) is 0 Å². The number of benzene rings is 4. The van der Waals surface area contributed by atoms with Crippen molar-refractivity contribution in [2.24, 2.45) is 0 Å². The first-order valence-electron chi connectivity index (χ1n) is 15.6. The van der Waals surface area contributed by atoms with Crippen molar-refractivity contribution in [2.75, 3.05) is 18.0 Å². The minimum atomic E-state index is -4.55. The van der Waals surface area contributed by atoms with Crippen LogP contribution in [-0.2, 0) is 32.6 Å². The Morgan fingerprint density at radius 1 is 0.959 bits per heavy atom. The monoisotopic (exact) mass is 750 g/mol. The lowest BCUT2D eigenvalue weighted by Crippen LogP contribution is -2.54. The average molecular weight is 752 g/mol. The Kier molecular flexibility index (Phi) is 12.5. The third-order valence-electron chi connectivity index (χ3n) is 8.14. The van der Waals surface area contributed by atoms with E-state index < -0.39 is 33.4 Å². The quantitative estimate of drug-likeness (QED) is 0.109. The molecule has 13 heteroatoms. The number of aryl methyl sites for hydroxylation is 1. The number of rotatable bonds is 15. The molecule has 2 atom stereocenters. The van der Waals surface area contributed by atoms with Crippen molar-refractivity contribution >= 4 is 49.1 Å². The Morgan fingerprint density at radius 2 is 1.61 bits per heavy atom. The molecule has 0 heterocycles. The van der Waals surface area contributed by atoms with Gasteiger partial charge in [0.15, 0.2) is 0 Å². The second-order valence-corrected chi connectivity index (χ2v) is 14.4. The highest BCUT2D eigenvalue weighted by molar-refractivity contribution is 9.10. The summed E-state index contributed by atoms with van der Waals surface area (Å²) < 4.78 is 35.6. The van der Waals surface area contributed by atoms with Crippen molar-refractivity contribution in [1.82, 2.24) is 10.2 Å². The highest BCUT2D eigenvalue weighted by Crippen LogP contribution is 2.30. The second-order valence-electron chi connectivity index (χ2n) is 11.6. The summed E-state index contributed by atoms with van der Waals surface area (Å²) in [6.07, 6.45) is 0.835. The fourth-order valence-electron chi connectivity index (χ4n) is 5.13. The summed E-state index contributed by atoms with van der Waals surface area (Å²) in [6.45, 7) is 4.63. The number of carbonyl (C=O) groups excluding carboxylic acids is 2. The zero-order valence-electron chi connectivity index (χ0n) is 27.7. The lowest BCUT2D eigenvalue weighted by Gasteiger charge is -2.34. The molecule has 4 aromatic carbocycles. The Bertz CT molecular complexity index is 1870. The van der Waals surface area contributed by atoms with E-state index in [9.17, 15) is 28.1 Å². The predicted octanol–water partition coefficient (Wildman–Crippen LogP) is 6.42. The molecule has 4 rings (SSSR count). The summed E-state index contributed by atoms with van der Waals surface area (Å²) in [5.41, 5.74) is 1.58. The zero-order chi connectivity index (χ0) is 35.7. The van der Waals surface area contributed by atoms with Crippen LogP contribution in [0.2, 0.25) is 0 Å². The Balaban J connectivity index is 1.84. The van der Waals surface area contributed by atoms with E-state index in [4.69, 9.17) is 4.74 Å². The van der Waals surface area contributed by atoms with Crippen LogP contribution in [0.4, 0.5) is 11.4 Å². The predicted molar refractivity (Wildman–Crippen MR) is 192 cm³/mol. The van der Waals surface area contributed by atoms with E-state index >= 15 is 0 Å². The van der Waals surface area contributed by atoms with Crippen molar-refractivity contribution in [3.05, 3.63) is 128 Å². The van der Waals surface area contributed by atoms with Gasteiger partial charge in [-0.25, -0.2) is 8.42 Å². The molecule has 0 fully saturated rings. The van der Waals surface area contributed by atoms with Crippen molar-refractivity contribution in [1.29, 1.82) is 0 Å². The number of amides is 2. The van der Waals surface area contributed by atoms with Gasteiger partial charge >= 0.3 is 0 Å². The summed E-state index contributed by atoms with van der Waals surface area (Å²) in [6, 6.07) is 25.1. The van der Waals surface area contributed by atoms with Gasteiger partial charge in [-0.15, -0.1) is 0 Å². The molecule has 0 bridgehead atoms. The van der Waals surface area contributed by atoms with E-state index in [2.05, 4.69) is 21.2 Å². The highest BCUT2D eigenvalue weighted by atomic mass is 79.9. The highest BCUT2D eigenvalue weighted by Gasteiger charge is 2.35. The lowest BCUT2D eigenvalue weighted by molar-refractivity contribution is -0.385. The van der Waals surface area contributed by atoms with Gasteiger partial charge in [-0.05, 0) is 73.9 Å². The summed E-state index contributed by atoms with van der Waals surface area (Å²) in [5.74, 6) is -0.569. The largest absolute Gasteiger partial charge is 0.497 e. The molecular weight excluding hydrogens is 712 g/mol. The fraction of sp³-hybridized carbons (Fsp3) is 0.278. The number of nitrogens with zero attached hydrogens (tertiary/aromatic N) is 3. The molecule has 4 aromatic rings. The molecule has 0 aliphatic rings. The third-order valence-corrected chi connectivity index (χ3v) is 10.4. The van der Waals surface area contributed by atoms with E-state index in [1.54, 1.807) is 12.1 Å². The first-order chi connectivity index (χ1) is 23.3. The Morgan fingerprint density at radius 3 is 2.20 bits per heavy atom. The number of nitro benzene ring substituents is 1. The number of nitro groups is 1. The molecule has 0 saturated heterocycles. The molecule has 0 aromatic heterocycles. The third kappa shape index (κ3) is 9.45. The number of halogens is 1. The number of anilines is 1. The molecular formula is C36H39BrN4O7S. The summed E-state index contributed by atoms with van der Waals surface area (Å²) in [7, 11) is -3.08. The maximum Gasteiger partial charge on any atom is 0.273 e. The molecule has 0 unspecified atom stereocenters. The summed E-state index contributed by atoms with van der Waals surface area (Å²) in [4.78, 5) is 40.7. The van der Waals surface area contributed by atoms with Crippen molar-refractivity contribution < 1.29 is 27.7 Å². The van der Waals surface area contributed by atoms with Gasteiger partial charge in [-0.3, -0.25) is 24.0 Å². The smallest absolute Gasteiger partial charge is 0.273 e. The molecule has 0 aliphatic carbocycles. The number of hydrogen-bond donors (Lipinski definition) is 1. The fourth-order valence-corrected chi connectivity index (χ4v) is 6.83. The van der Waals surface area contributed by atoms with Crippen LogP contribution in [0.1, 0.15) is 37.0 Å². The molecule has 0 radical (unpaired) electrons. The number of methoxy groups -OCH3 is 1. The first kappa shape index (κ1) is 37.1. The number of carbonyl (C=O) groups is 2. The van der Waals surface area contributed by atoms with Gasteiger partial charge in [-0.2, -0.15) is 0 Å². The van der Waals surface area contributed by atoms with Gasteiger partial charge in [0.25, 0.3) is 15.7 Å². The van der Waals surface area contributed by atoms with Crippen LogP contribution in [-0.4, -0.2) is 55.8 Å². The van der Waals surface area contributed by atoms with E-state index in [1.165, 1.54) is 43.2 Å². The van der Waals surface area contributed by atoms with Gasteiger partial charge in [0.05, 0.1) is 22.6 Å². The van der Waals surface area contributed by atoms with E-state index in [0.29, 0.717) is 12.2 Å². The minimum Gasteiger partial charge on any atom is -0.497 e. The van der Waals surface area contributed by atoms with Crippen LogP contribution in [0.15, 0.2) is 106 Å². The molecule has 0 saturated carbocycles. The molecule has 2 amide bonds. The van der Waals surface area contributed by atoms with Crippen LogP contribution in [0.5, 0.6) is 5.75 Å². The van der Waals surface area contributed by atoms with E-state index in [-0.39, 0.29) is 46.7 Å². The summed E-state index contributed by atoms with van der Waals surface area (Å²) >= 11 is 3.43. The molecule has 1 N–H and O–H groups in total. The topological polar surface area (TPSA) is 139 Å². The first-order valence-corrected chi connectivity index (χ1v) is 17.9. The van der Waals surface area contributed by atoms with Crippen LogP contribution in [0.25, 0.3) is 0 Å². The number of hydrogen-bond acceptors (Lipinski definition) is 7. The van der Waals surface area contributed by atoms with Crippen LogP contribution < -0.4 is 14.4 Å². The Hall–Kier alpha value is -4.75. The van der Waals surface area contributed by atoms with E-state index in [0.717, 1.165) is 26.0 Å². The molecule has 49 heavy (non-hydrogen) atoms. The second kappa shape index (κ2) is 16.6. The zero-order valence-corrected chi connectivity index (χ0v) is 30.1. The molecule has 258 valence electrons. The standard InChI is InChI=1S/C36H39BrN4O7S/c1-5-26(3)38-36(43)34(21-27-9-7-6-8-10-27)39(23-28-12-14-29(37)15-13-28)35(42)24-40(30-16-18-31(48-4)19-17-30)49(46,47)32-20-11-25(2)33(22-32)41(44)45/h6-20,22,26,34H,5,21,23-24H2,1-4H3,(H,38,43)/t26-,34-/m0/s1. The Labute approximate surface area is 295 Å². The van der Waals surface area contributed by atoms with Gasteiger partial charge in [0.1, 0.15) is 18.3 Å². The van der Waals surface area contributed by atoms with E-state index in [1.807, 2.05) is 68.4 Å². The summed E-state index contributed by atoms with van der Waals surface area (Å²) in [5, 5.41) is 14.7. The molecule has 0 spiro atoms. The molecule has 11 nitrogen and oxygen atoms in total. The minimum absolute atomic E-state index is 0.00401. The maximum atomic E-state index is 14.6. The van der Waals surface area contributed by atoms with Crippen molar-refractivity contribution in [3.8, 4) is 5.75 Å². The van der Waals surface area contributed by atoms with Crippen LogP contribution >= 0.6 is 15.9 Å². The van der Waals surface area contributed by atoms with Gasteiger partial charge in [0.2, 0.25) is 11.8 Å². The SMILES string of the molecule is CC[C@H](C)NC(=O)[C@H](Cc1ccccc1)N(Cc1ccc(Br)cc1)C(=O)CN(c1ccc(OC)cc1)S(=O)(=O)c1ccc(C)c([N+](=O)[O-])c1. The van der Waals surface area contributed by atoms with Gasteiger partial charge < -0.3 is 15.0 Å². The van der Waals surface area contributed by atoms with Gasteiger partial charge in [-0.1, -0.05) is 71.4 Å². The normalized spacial score (nSPS) is 12.4.